The van der Waals surface area contributed by atoms with Crippen molar-refractivity contribution in [2.24, 2.45) is 7.05 Å². The minimum absolute atomic E-state index is 0.0806. The number of carbonyl (C=O) groups excluding carboxylic acids is 2. The quantitative estimate of drug-likeness (QED) is 0.616. The molecular formula is C19H18ClN3O3. The van der Waals surface area contributed by atoms with Crippen LogP contribution in [0.3, 0.4) is 0 Å². The summed E-state index contributed by atoms with van der Waals surface area (Å²) in [4.78, 5) is 23.9. The molecule has 3 rings (SSSR count). The largest absolute Gasteiger partial charge is 0.386 e. The summed E-state index contributed by atoms with van der Waals surface area (Å²) in [7, 11) is 1.88. The molecule has 0 aliphatic rings. The van der Waals surface area contributed by atoms with E-state index in [1.54, 1.807) is 24.3 Å². The van der Waals surface area contributed by atoms with Gasteiger partial charge in [0.2, 0.25) is 0 Å². The predicted molar refractivity (Wildman–Crippen MR) is 101 cm³/mol. The van der Waals surface area contributed by atoms with Gasteiger partial charge in [0.25, 0.3) is 0 Å². The molecule has 134 valence electrons. The molecule has 7 heteroatoms. The number of aliphatic hydroxyl groups excluding tert-OH is 1. The van der Waals surface area contributed by atoms with E-state index in [9.17, 15) is 14.7 Å². The summed E-state index contributed by atoms with van der Waals surface area (Å²) in [5.74, 6) is -1.69. The molecule has 0 saturated heterocycles. The van der Waals surface area contributed by atoms with Crippen LogP contribution in [0.15, 0.2) is 54.7 Å². The van der Waals surface area contributed by atoms with Crippen molar-refractivity contribution in [2.75, 3.05) is 11.9 Å². The van der Waals surface area contributed by atoms with Crippen LogP contribution in [0.4, 0.5) is 5.69 Å². The first-order chi connectivity index (χ1) is 12.5. The molecule has 1 heterocycles. The van der Waals surface area contributed by atoms with Gasteiger partial charge in [0, 0.05) is 36.3 Å². The van der Waals surface area contributed by atoms with Gasteiger partial charge in [-0.25, -0.2) is 0 Å². The van der Waals surface area contributed by atoms with Gasteiger partial charge in [0.1, 0.15) is 0 Å². The van der Waals surface area contributed by atoms with Crippen molar-refractivity contribution in [3.05, 3.63) is 65.3 Å². The van der Waals surface area contributed by atoms with Crippen LogP contribution in [-0.4, -0.2) is 28.0 Å². The summed E-state index contributed by atoms with van der Waals surface area (Å²) in [6, 6.07) is 14.3. The lowest BCUT2D eigenvalue weighted by Gasteiger charge is -2.12. The van der Waals surface area contributed by atoms with Gasteiger partial charge in [-0.15, -0.1) is 0 Å². The van der Waals surface area contributed by atoms with E-state index in [1.807, 2.05) is 42.1 Å². The van der Waals surface area contributed by atoms with Gasteiger partial charge in [0.15, 0.2) is 0 Å². The highest BCUT2D eigenvalue weighted by Gasteiger charge is 2.19. The molecule has 6 nitrogen and oxygen atoms in total. The summed E-state index contributed by atoms with van der Waals surface area (Å²) < 4.78 is 1.90. The van der Waals surface area contributed by atoms with Crippen molar-refractivity contribution in [3.8, 4) is 0 Å². The van der Waals surface area contributed by atoms with Crippen LogP contribution in [0.2, 0.25) is 5.02 Å². The van der Waals surface area contributed by atoms with Gasteiger partial charge in [-0.1, -0.05) is 41.9 Å². The number of fused-ring (bicyclic) bond motifs is 1. The second-order valence-electron chi connectivity index (χ2n) is 5.87. The zero-order valence-corrected chi connectivity index (χ0v) is 14.8. The first-order valence-electron chi connectivity index (χ1n) is 8.03. The Balaban J connectivity index is 1.63. The molecule has 2 aromatic carbocycles. The summed E-state index contributed by atoms with van der Waals surface area (Å²) in [6.45, 7) is -0.0806. The van der Waals surface area contributed by atoms with Crippen molar-refractivity contribution >= 4 is 40.0 Å². The van der Waals surface area contributed by atoms with Gasteiger partial charge in [-0.05, 0) is 18.2 Å². The Morgan fingerprint density at radius 3 is 2.58 bits per heavy atom. The molecule has 0 saturated carbocycles. The number of hydrogen-bond donors (Lipinski definition) is 3. The van der Waals surface area contributed by atoms with Gasteiger partial charge < -0.3 is 20.3 Å². The molecule has 3 N–H and O–H groups in total. The van der Waals surface area contributed by atoms with E-state index in [2.05, 4.69) is 10.6 Å². The second kappa shape index (κ2) is 7.59. The number of amides is 2. The fourth-order valence-electron chi connectivity index (χ4n) is 2.76. The average Bonchev–Trinajstić information content (AvgIpc) is 2.98. The van der Waals surface area contributed by atoms with Crippen LogP contribution in [0.5, 0.6) is 0 Å². The van der Waals surface area contributed by atoms with Crippen LogP contribution < -0.4 is 10.6 Å². The van der Waals surface area contributed by atoms with Crippen molar-refractivity contribution in [1.29, 1.82) is 0 Å². The maximum absolute atomic E-state index is 12.0. The number of aliphatic hydroxyl groups is 1. The fraction of sp³-hybridized carbons (Fsp3) is 0.158. The number of para-hydroxylation sites is 2. The average molecular weight is 372 g/mol. The Hall–Kier alpha value is -2.83. The molecule has 0 aliphatic carbocycles. The maximum Gasteiger partial charge on any atom is 0.313 e. The Kier molecular flexibility index (Phi) is 5.25. The highest BCUT2D eigenvalue weighted by molar-refractivity contribution is 6.41. The van der Waals surface area contributed by atoms with E-state index in [4.69, 9.17) is 11.6 Å². The lowest BCUT2D eigenvalue weighted by Crippen LogP contribution is -2.37. The second-order valence-corrected chi connectivity index (χ2v) is 6.28. The molecule has 3 aromatic rings. The highest BCUT2D eigenvalue weighted by atomic mass is 35.5. The molecule has 1 atom stereocenters. The standard InChI is InChI=1S/C19H18ClN3O3/c1-23-11-13(12-6-2-5-9-16(12)23)17(24)10-21-18(25)19(26)22-15-8-4-3-7-14(15)20/h2-9,11,17,24H,10H2,1H3,(H,21,25)(H,22,26)/t17-/m0/s1. The number of nitrogens with zero attached hydrogens (tertiary/aromatic N) is 1. The number of benzene rings is 2. The minimum atomic E-state index is -0.932. The third-order valence-corrected chi connectivity index (χ3v) is 4.40. The molecule has 0 bridgehead atoms. The topological polar surface area (TPSA) is 83.4 Å². The summed E-state index contributed by atoms with van der Waals surface area (Å²) in [6.07, 6.45) is 0.879. The molecule has 1 aromatic heterocycles. The molecule has 0 unspecified atom stereocenters. The minimum Gasteiger partial charge on any atom is -0.386 e. The molecule has 0 radical (unpaired) electrons. The van der Waals surface area contributed by atoms with Crippen LogP contribution in [0, 0.1) is 0 Å². The number of halogens is 1. The molecule has 0 spiro atoms. The van der Waals surface area contributed by atoms with E-state index < -0.39 is 17.9 Å². The van der Waals surface area contributed by atoms with Gasteiger partial charge in [-0.2, -0.15) is 0 Å². The normalized spacial score (nSPS) is 12.0. The summed E-state index contributed by atoms with van der Waals surface area (Å²) >= 11 is 5.95. The van der Waals surface area contributed by atoms with Crippen LogP contribution >= 0.6 is 11.6 Å². The van der Waals surface area contributed by atoms with E-state index in [-0.39, 0.29) is 6.54 Å². The lowest BCUT2D eigenvalue weighted by molar-refractivity contribution is -0.136. The van der Waals surface area contributed by atoms with Crippen molar-refractivity contribution in [1.82, 2.24) is 9.88 Å². The third kappa shape index (κ3) is 3.71. The monoisotopic (exact) mass is 371 g/mol. The van der Waals surface area contributed by atoms with E-state index >= 15 is 0 Å². The Labute approximate surface area is 155 Å². The number of anilines is 1. The molecule has 2 amide bonds. The lowest BCUT2D eigenvalue weighted by atomic mass is 10.1. The molecule has 0 fully saturated rings. The Bertz CT molecular complexity index is 968. The summed E-state index contributed by atoms with van der Waals surface area (Å²) in [5, 5.41) is 16.5. The molecule has 0 aliphatic heterocycles. The summed E-state index contributed by atoms with van der Waals surface area (Å²) in [5.41, 5.74) is 2.02. The van der Waals surface area contributed by atoms with Gasteiger partial charge in [-0.3, -0.25) is 9.59 Å². The molecule has 26 heavy (non-hydrogen) atoms. The van der Waals surface area contributed by atoms with Gasteiger partial charge >= 0.3 is 11.8 Å². The third-order valence-electron chi connectivity index (χ3n) is 4.07. The maximum atomic E-state index is 12.0. The number of hydrogen-bond acceptors (Lipinski definition) is 3. The molecular weight excluding hydrogens is 354 g/mol. The highest BCUT2D eigenvalue weighted by Crippen LogP contribution is 2.25. The van der Waals surface area contributed by atoms with Crippen LogP contribution in [0.1, 0.15) is 11.7 Å². The number of aromatic nitrogens is 1. The van der Waals surface area contributed by atoms with E-state index in [0.717, 1.165) is 10.9 Å². The first kappa shape index (κ1) is 18.0. The Morgan fingerprint density at radius 1 is 1.12 bits per heavy atom. The van der Waals surface area contributed by atoms with Gasteiger partial charge in [0.05, 0.1) is 16.8 Å². The van der Waals surface area contributed by atoms with Crippen LogP contribution in [0.25, 0.3) is 10.9 Å². The zero-order valence-electron chi connectivity index (χ0n) is 14.1. The van der Waals surface area contributed by atoms with Crippen molar-refractivity contribution < 1.29 is 14.7 Å². The first-order valence-corrected chi connectivity index (χ1v) is 8.41. The van der Waals surface area contributed by atoms with E-state index in [0.29, 0.717) is 16.3 Å². The smallest absolute Gasteiger partial charge is 0.313 e. The van der Waals surface area contributed by atoms with Crippen LogP contribution in [-0.2, 0) is 16.6 Å². The Morgan fingerprint density at radius 2 is 1.81 bits per heavy atom. The predicted octanol–water partition coefficient (Wildman–Crippen LogP) is 2.62. The number of carbonyl (C=O) groups is 2. The van der Waals surface area contributed by atoms with E-state index in [1.165, 1.54) is 0 Å². The fourth-order valence-corrected chi connectivity index (χ4v) is 2.94. The number of aryl methyl sites for hydroxylation is 1. The van der Waals surface area contributed by atoms with Crippen molar-refractivity contribution in [2.45, 2.75) is 6.10 Å². The zero-order chi connectivity index (χ0) is 18.7. The number of rotatable bonds is 4. The van der Waals surface area contributed by atoms with Crippen molar-refractivity contribution in [3.63, 3.8) is 0 Å². The number of nitrogens with one attached hydrogen (secondary N) is 2. The SMILES string of the molecule is Cn1cc([C@@H](O)CNC(=O)C(=O)Nc2ccccc2Cl)c2ccccc21.